The number of halogens is 1. The number of benzene rings is 2. The second-order valence-corrected chi connectivity index (χ2v) is 6.18. The van der Waals surface area contributed by atoms with Crippen molar-refractivity contribution < 1.29 is 24.7 Å². The maximum Gasteiger partial charge on any atom is 0.161 e. The molecule has 0 heterocycles. The Labute approximate surface area is 152 Å². The number of Topliss-reactive ketones (excluding diaryl/α,β-unsaturated/α-hetero) is 1. The smallest absolute Gasteiger partial charge is 0.161 e. The highest BCUT2D eigenvalue weighted by molar-refractivity contribution is 6.30. The summed E-state index contributed by atoms with van der Waals surface area (Å²) in [5.74, 6) is 0.941. The summed E-state index contributed by atoms with van der Waals surface area (Å²) in [6.45, 7) is 2.91. The Hall–Kier alpha value is -2.08. The molecule has 3 N–H and O–H groups in total. The van der Waals surface area contributed by atoms with Crippen molar-refractivity contribution in [2.45, 2.75) is 19.6 Å². The molecule has 0 saturated heterocycles. The Morgan fingerprint density at radius 3 is 2.56 bits per heavy atom. The normalized spacial score (nSPS) is 11.8. The van der Waals surface area contributed by atoms with E-state index < -0.39 is 6.10 Å². The average Bonchev–Trinajstić information content (AvgIpc) is 2.61. The highest BCUT2D eigenvalue weighted by Crippen LogP contribution is 2.28. The van der Waals surface area contributed by atoms with Gasteiger partial charge >= 0.3 is 0 Å². The van der Waals surface area contributed by atoms with E-state index in [9.17, 15) is 9.90 Å². The van der Waals surface area contributed by atoms with Gasteiger partial charge in [0.05, 0.1) is 7.11 Å². The molecule has 0 aliphatic heterocycles. The van der Waals surface area contributed by atoms with Crippen molar-refractivity contribution in [1.82, 2.24) is 0 Å². The van der Waals surface area contributed by atoms with Crippen molar-refractivity contribution >= 4 is 17.4 Å². The zero-order valence-corrected chi connectivity index (χ0v) is 15.1. The Morgan fingerprint density at radius 1 is 1.20 bits per heavy atom. The van der Waals surface area contributed by atoms with Crippen molar-refractivity contribution in [2.24, 2.45) is 0 Å². The van der Waals surface area contributed by atoms with Crippen molar-refractivity contribution in [3.63, 3.8) is 0 Å². The standard InChI is InChI=1S/C19H22ClNO4/c1-13(22)15-5-8-18(19(9-15)24-2)25-12-17(23)11-21-10-14-3-6-16(20)7-4-14/h3-9,17,21,23H,10-12H2,1-2H3/p+1/t17-/m1/s1. The summed E-state index contributed by atoms with van der Waals surface area (Å²) >= 11 is 5.85. The second-order valence-electron chi connectivity index (χ2n) is 5.74. The van der Waals surface area contributed by atoms with Crippen LogP contribution in [-0.2, 0) is 6.54 Å². The van der Waals surface area contributed by atoms with Gasteiger partial charge in [0.15, 0.2) is 17.3 Å². The third kappa shape index (κ3) is 6.05. The minimum Gasteiger partial charge on any atom is -0.493 e. The number of methoxy groups -OCH3 is 1. The molecule has 0 aromatic heterocycles. The Bertz CT molecular complexity index is 703. The van der Waals surface area contributed by atoms with Crippen LogP contribution in [0.4, 0.5) is 0 Å². The molecule has 2 rings (SSSR count). The van der Waals surface area contributed by atoms with Gasteiger partial charge in [0, 0.05) is 16.1 Å². The third-order valence-corrected chi connectivity index (χ3v) is 3.99. The van der Waals surface area contributed by atoms with Gasteiger partial charge in [0.2, 0.25) is 0 Å². The minimum absolute atomic E-state index is 0.0401. The lowest BCUT2D eigenvalue weighted by molar-refractivity contribution is -0.676. The number of aliphatic hydroxyl groups is 1. The SMILES string of the molecule is COc1cc(C(C)=O)ccc1OC[C@H](O)C[NH2+]Cc1ccc(Cl)cc1. The summed E-state index contributed by atoms with van der Waals surface area (Å²) in [7, 11) is 1.52. The van der Waals surface area contributed by atoms with Crippen LogP contribution in [0.3, 0.4) is 0 Å². The zero-order chi connectivity index (χ0) is 18.2. The highest BCUT2D eigenvalue weighted by Gasteiger charge is 2.12. The molecule has 5 nitrogen and oxygen atoms in total. The molecule has 0 saturated carbocycles. The lowest BCUT2D eigenvalue weighted by atomic mass is 10.1. The number of hydrogen-bond donors (Lipinski definition) is 2. The lowest BCUT2D eigenvalue weighted by Crippen LogP contribution is -2.85. The van der Waals surface area contributed by atoms with Gasteiger partial charge in [-0.2, -0.15) is 0 Å². The van der Waals surface area contributed by atoms with Gasteiger partial charge in [0.25, 0.3) is 0 Å². The van der Waals surface area contributed by atoms with E-state index in [4.69, 9.17) is 21.1 Å². The predicted molar refractivity (Wildman–Crippen MR) is 96.4 cm³/mol. The van der Waals surface area contributed by atoms with Gasteiger partial charge in [-0.1, -0.05) is 23.7 Å². The average molecular weight is 365 g/mol. The molecule has 0 aliphatic rings. The quantitative estimate of drug-likeness (QED) is 0.668. The molecule has 0 radical (unpaired) electrons. The van der Waals surface area contributed by atoms with E-state index in [-0.39, 0.29) is 12.4 Å². The molecule has 0 unspecified atom stereocenters. The van der Waals surface area contributed by atoms with E-state index in [1.807, 2.05) is 29.6 Å². The number of quaternary nitrogens is 1. The number of carbonyl (C=O) groups excluding carboxylic acids is 1. The molecule has 0 spiro atoms. The fourth-order valence-corrected chi connectivity index (χ4v) is 2.45. The molecule has 0 aliphatic carbocycles. The van der Waals surface area contributed by atoms with Crippen LogP contribution in [-0.4, -0.2) is 37.3 Å². The number of rotatable bonds is 9. The first-order valence-electron chi connectivity index (χ1n) is 8.05. The first-order valence-corrected chi connectivity index (χ1v) is 8.43. The first-order chi connectivity index (χ1) is 12.0. The summed E-state index contributed by atoms with van der Waals surface area (Å²) < 4.78 is 10.9. The van der Waals surface area contributed by atoms with E-state index in [1.165, 1.54) is 14.0 Å². The van der Waals surface area contributed by atoms with E-state index in [0.717, 1.165) is 12.1 Å². The van der Waals surface area contributed by atoms with E-state index >= 15 is 0 Å². The molecule has 1 atom stereocenters. The number of nitrogens with two attached hydrogens (primary N) is 1. The van der Waals surface area contributed by atoms with Gasteiger partial charge in [-0.05, 0) is 37.3 Å². The van der Waals surface area contributed by atoms with Gasteiger partial charge < -0.3 is 19.9 Å². The van der Waals surface area contributed by atoms with Crippen molar-refractivity contribution in [3.05, 3.63) is 58.6 Å². The molecule has 25 heavy (non-hydrogen) atoms. The number of hydrogen-bond acceptors (Lipinski definition) is 4. The molecule has 0 amide bonds. The molecular weight excluding hydrogens is 342 g/mol. The molecule has 0 bridgehead atoms. The maximum absolute atomic E-state index is 11.4. The van der Waals surface area contributed by atoms with Crippen LogP contribution >= 0.6 is 11.6 Å². The number of ether oxygens (including phenoxy) is 2. The number of ketones is 1. The molecule has 6 heteroatoms. The zero-order valence-electron chi connectivity index (χ0n) is 14.4. The fraction of sp³-hybridized carbons (Fsp3) is 0.316. The summed E-state index contributed by atoms with van der Waals surface area (Å²) in [5, 5.41) is 12.8. The molecular formula is C19H23ClNO4+. The fourth-order valence-electron chi connectivity index (χ4n) is 2.32. The molecule has 134 valence electrons. The largest absolute Gasteiger partial charge is 0.493 e. The van der Waals surface area contributed by atoms with Gasteiger partial charge in [0.1, 0.15) is 25.8 Å². The summed E-state index contributed by atoms with van der Waals surface area (Å²) in [4.78, 5) is 11.4. The Kier molecular flexibility index (Phi) is 7.25. The molecule has 2 aromatic rings. The van der Waals surface area contributed by atoms with Crippen LogP contribution in [0.1, 0.15) is 22.8 Å². The maximum atomic E-state index is 11.4. The van der Waals surface area contributed by atoms with Crippen molar-refractivity contribution in [2.75, 3.05) is 20.3 Å². The van der Waals surface area contributed by atoms with Crippen LogP contribution in [0, 0.1) is 0 Å². The molecule has 0 fully saturated rings. The Morgan fingerprint density at radius 2 is 1.92 bits per heavy atom. The van der Waals surface area contributed by atoms with Crippen LogP contribution in [0.5, 0.6) is 11.5 Å². The number of carbonyl (C=O) groups is 1. The lowest BCUT2D eigenvalue weighted by Gasteiger charge is -2.14. The van der Waals surface area contributed by atoms with Crippen LogP contribution in [0.15, 0.2) is 42.5 Å². The van der Waals surface area contributed by atoms with E-state index in [1.54, 1.807) is 18.2 Å². The first kappa shape index (κ1) is 19.2. The van der Waals surface area contributed by atoms with E-state index in [2.05, 4.69) is 0 Å². The second kappa shape index (κ2) is 9.42. The van der Waals surface area contributed by atoms with Crippen LogP contribution < -0.4 is 14.8 Å². The monoisotopic (exact) mass is 364 g/mol. The van der Waals surface area contributed by atoms with Crippen LogP contribution in [0.2, 0.25) is 5.02 Å². The van der Waals surface area contributed by atoms with Crippen LogP contribution in [0.25, 0.3) is 0 Å². The van der Waals surface area contributed by atoms with E-state index in [0.29, 0.717) is 28.6 Å². The summed E-state index contributed by atoms with van der Waals surface area (Å²) in [6.07, 6.45) is -0.621. The van der Waals surface area contributed by atoms with Crippen molar-refractivity contribution in [1.29, 1.82) is 0 Å². The Balaban J connectivity index is 1.80. The summed E-state index contributed by atoms with van der Waals surface area (Å²) in [6, 6.07) is 12.6. The van der Waals surface area contributed by atoms with Crippen molar-refractivity contribution in [3.8, 4) is 11.5 Å². The number of aliphatic hydroxyl groups excluding tert-OH is 1. The molecule has 2 aromatic carbocycles. The topological polar surface area (TPSA) is 72.4 Å². The summed E-state index contributed by atoms with van der Waals surface area (Å²) in [5.41, 5.74) is 1.69. The predicted octanol–water partition coefficient (Wildman–Crippen LogP) is 2.05. The highest BCUT2D eigenvalue weighted by atomic mass is 35.5. The van der Waals surface area contributed by atoms with Gasteiger partial charge in [-0.3, -0.25) is 4.79 Å². The van der Waals surface area contributed by atoms with Gasteiger partial charge in [-0.15, -0.1) is 0 Å². The third-order valence-electron chi connectivity index (χ3n) is 3.73. The minimum atomic E-state index is -0.621. The van der Waals surface area contributed by atoms with Gasteiger partial charge in [-0.25, -0.2) is 0 Å².